The molecule has 1 amide bonds. The van der Waals surface area contributed by atoms with Crippen molar-refractivity contribution < 1.29 is 14.7 Å². The van der Waals surface area contributed by atoms with Gasteiger partial charge in [-0.2, -0.15) is 0 Å². The Labute approximate surface area is 116 Å². The largest absolute Gasteiger partial charge is 0.481 e. The molecule has 3 heterocycles. The SMILES string of the molecule is O=C(O)CC1CCCN1C(=O)c1cc2ccccn2c1. The van der Waals surface area contributed by atoms with Crippen molar-refractivity contribution in [3.8, 4) is 0 Å². The maximum atomic E-state index is 12.5. The second-order valence-corrected chi connectivity index (χ2v) is 5.15. The van der Waals surface area contributed by atoms with Gasteiger partial charge in [-0.15, -0.1) is 0 Å². The summed E-state index contributed by atoms with van der Waals surface area (Å²) in [5, 5.41) is 8.92. The summed E-state index contributed by atoms with van der Waals surface area (Å²) < 4.78 is 1.90. The Bertz CT molecular complexity index is 629. The standard InChI is InChI=1S/C15H16N2O3/c18-14(19)9-13-5-3-7-17(13)15(20)11-8-12-4-1-2-6-16(12)10-11/h1-2,4,6,8,10,13H,3,5,7,9H2,(H,18,19). The zero-order valence-electron chi connectivity index (χ0n) is 11.0. The number of fused-ring (bicyclic) bond motifs is 1. The second-order valence-electron chi connectivity index (χ2n) is 5.15. The first-order chi connectivity index (χ1) is 9.65. The molecule has 1 unspecified atom stereocenters. The number of hydrogen-bond donors (Lipinski definition) is 1. The van der Waals surface area contributed by atoms with Gasteiger partial charge in [-0.25, -0.2) is 0 Å². The molecule has 0 bridgehead atoms. The Morgan fingerprint density at radius 3 is 2.95 bits per heavy atom. The Balaban J connectivity index is 1.85. The molecular formula is C15H16N2O3. The van der Waals surface area contributed by atoms with Gasteiger partial charge in [-0.05, 0) is 31.0 Å². The van der Waals surface area contributed by atoms with Gasteiger partial charge in [0, 0.05) is 30.5 Å². The molecule has 104 valence electrons. The van der Waals surface area contributed by atoms with Crippen LogP contribution < -0.4 is 0 Å². The number of carbonyl (C=O) groups excluding carboxylic acids is 1. The molecule has 5 heteroatoms. The highest BCUT2D eigenvalue weighted by molar-refractivity contribution is 5.96. The fourth-order valence-electron chi connectivity index (χ4n) is 2.85. The number of hydrogen-bond acceptors (Lipinski definition) is 2. The number of amides is 1. The van der Waals surface area contributed by atoms with E-state index in [1.165, 1.54) is 0 Å². The quantitative estimate of drug-likeness (QED) is 0.929. The van der Waals surface area contributed by atoms with Crippen molar-refractivity contribution in [3.05, 3.63) is 42.2 Å². The number of nitrogens with zero attached hydrogens (tertiary/aromatic N) is 2. The maximum Gasteiger partial charge on any atom is 0.305 e. The van der Waals surface area contributed by atoms with E-state index in [2.05, 4.69) is 0 Å². The van der Waals surface area contributed by atoms with E-state index >= 15 is 0 Å². The highest BCUT2D eigenvalue weighted by Crippen LogP contribution is 2.23. The van der Waals surface area contributed by atoms with E-state index in [-0.39, 0.29) is 18.4 Å². The Morgan fingerprint density at radius 2 is 2.20 bits per heavy atom. The van der Waals surface area contributed by atoms with Gasteiger partial charge in [-0.3, -0.25) is 9.59 Å². The molecule has 1 saturated heterocycles. The fraction of sp³-hybridized carbons (Fsp3) is 0.333. The monoisotopic (exact) mass is 272 g/mol. The molecule has 5 nitrogen and oxygen atoms in total. The van der Waals surface area contributed by atoms with Crippen LogP contribution in [0.5, 0.6) is 0 Å². The third kappa shape index (κ3) is 2.27. The summed E-state index contributed by atoms with van der Waals surface area (Å²) in [5.41, 5.74) is 1.58. The average molecular weight is 272 g/mol. The molecule has 1 aliphatic rings. The van der Waals surface area contributed by atoms with Gasteiger partial charge >= 0.3 is 5.97 Å². The van der Waals surface area contributed by atoms with E-state index in [0.29, 0.717) is 12.1 Å². The molecule has 20 heavy (non-hydrogen) atoms. The first kappa shape index (κ1) is 12.7. The van der Waals surface area contributed by atoms with Gasteiger partial charge in [0.2, 0.25) is 0 Å². The molecular weight excluding hydrogens is 256 g/mol. The minimum absolute atomic E-state index is 0.0269. The number of aliphatic carboxylic acids is 1. The van der Waals surface area contributed by atoms with Crippen molar-refractivity contribution in [3.63, 3.8) is 0 Å². The van der Waals surface area contributed by atoms with Crippen LogP contribution in [0.1, 0.15) is 29.6 Å². The topological polar surface area (TPSA) is 62.0 Å². The van der Waals surface area contributed by atoms with Gasteiger partial charge in [0.15, 0.2) is 0 Å². The molecule has 0 aromatic carbocycles. The van der Waals surface area contributed by atoms with Crippen LogP contribution in [0.25, 0.3) is 5.52 Å². The number of carboxylic acids is 1. The van der Waals surface area contributed by atoms with Crippen molar-refractivity contribution in [1.29, 1.82) is 0 Å². The van der Waals surface area contributed by atoms with Crippen LogP contribution in [0.15, 0.2) is 36.7 Å². The molecule has 1 fully saturated rings. The fourth-order valence-corrected chi connectivity index (χ4v) is 2.85. The number of likely N-dealkylation sites (tertiary alicyclic amines) is 1. The third-order valence-corrected chi connectivity index (χ3v) is 3.80. The lowest BCUT2D eigenvalue weighted by atomic mass is 10.1. The maximum absolute atomic E-state index is 12.5. The molecule has 2 aromatic heterocycles. The van der Waals surface area contributed by atoms with Gasteiger partial charge in [0.05, 0.1) is 12.0 Å². The summed E-state index contributed by atoms with van der Waals surface area (Å²) in [7, 11) is 0. The Morgan fingerprint density at radius 1 is 1.35 bits per heavy atom. The lowest BCUT2D eigenvalue weighted by Gasteiger charge is -2.22. The van der Waals surface area contributed by atoms with E-state index in [1.807, 2.05) is 34.9 Å². The highest BCUT2D eigenvalue weighted by Gasteiger charge is 2.31. The average Bonchev–Trinajstić information content (AvgIpc) is 3.03. The molecule has 1 N–H and O–H groups in total. The predicted octanol–water partition coefficient (Wildman–Crippen LogP) is 2.02. The van der Waals surface area contributed by atoms with Gasteiger partial charge in [0.25, 0.3) is 5.91 Å². The molecule has 0 saturated carbocycles. The molecule has 3 rings (SSSR count). The summed E-state index contributed by atoms with van der Waals surface area (Å²) >= 11 is 0. The summed E-state index contributed by atoms with van der Waals surface area (Å²) in [4.78, 5) is 25.1. The van der Waals surface area contributed by atoms with E-state index in [4.69, 9.17) is 5.11 Å². The molecule has 0 aliphatic carbocycles. The van der Waals surface area contributed by atoms with E-state index < -0.39 is 5.97 Å². The van der Waals surface area contributed by atoms with Crippen molar-refractivity contribution in [2.24, 2.45) is 0 Å². The Kier molecular flexibility index (Phi) is 3.18. The minimum atomic E-state index is -0.850. The van der Waals surface area contributed by atoms with Crippen LogP contribution in [0.4, 0.5) is 0 Å². The van der Waals surface area contributed by atoms with Crippen molar-refractivity contribution in [2.45, 2.75) is 25.3 Å². The first-order valence-electron chi connectivity index (χ1n) is 6.74. The van der Waals surface area contributed by atoms with Gasteiger partial charge in [-0.1, -0.05) is 6.07 Å². The normalized spacial score (nSPS) is 18.6. The van der Waals surface area contributed by atoms with Gasteiger partial charge in [0.1, 0.15) is 0 Å². The van der Waals surface area contributed by atoms with Gasteiger partial charge < -0.3 is 14.4 Å². The summed E-state index contributed by atoms with van der Waals surface area (Å²) in [6, 6.07) is 7.44. The van der Waals surface area contributed by atoms with E-state index in [0.717, 1.165) is 18.4 Å². The van der Waals surface area contributed by atoms with E-state index in [9.17, 15) is 9.59 Å². The zero-order valence-corrected chi connectivity index (χ0v) is 11.0. The van der Waals surface area contributed by atoms with E-state index in [1.54, 1.807) is 11.1 Å². The summed E-state index contributed by atoms with van der Waals surface area (Å²) in [5.74, 6) is -0.922. The van der Waals surface area contributed by atoms with Crippen LogP contribution in [0.2, 0.25) is 0 Å². The molecule has 1 atom stereocenters. The number of aromatic nitrogens is 1. The van der Waals surface area contributed by atoms with Crippen molar-refractivity contribution >= 4 is 17.4 Å². The van der Waals surface area contributed by atoms with Crippen molar-refractivity contribution in [1.82, 2.24) is 9.30 Å². The lowest BCUT2D eigenvalue weighted by Crippen LogP contribution is -2.36. The van der Waals surface area contributed by atoms with Crippen LogP contribution in [0, 0.1) is 0 Å². The third-order valence-electron chi connectivity index (χ3n) is 3.80. The summed E-state index contributed by atoms with van der Waals surface area (Å²) in [6.45, 7) is 0.642. The molecule has 2 aromatic rings. The smallest absolute Gasteiger partial charge is 0.305 e. The number of carboxylic acid groups (broad SMARTS) is 1. The molecule has 0 radical (unpaired) electrons. The van der Waals surface area contributed by atoms with Crippen LogP contribution in [0.3, 0.4) is 0 Å². The number of rotatable bonds is 3. The zero-order chi connectivity index (χ0) is 14.1. The number of carbonyl (C=O) groups is 2. The van der Waals surface area contributed by atoms with Crippen LogP contribution in [-0.2, 0) is 4.79 Å². The van der Waals surface area contributed by atoms with Crippen LogP contribution >= 0.6 is 0 Å². The van der Waals surface area contributed by atoms with Crippen LogP contribution in [-0.4, -0.2) is 38.9 Å². The highest BCUT2D eigenvalue weighted by atomic mass is 16.4. The Hall–Kier alpha value is -2.30. The number of pyridine rings is 1. The first-order valence-corrected chi connectivity index (χ1v) is 6.74. The lowest BCUT2D eigenvalue weighted by molar-refractivity contribution is -0.137. The minimum Gasteiger partial charge on any atom is -0.481 e. The summed E-state index contributed by atoms with van der Waals surface area (Å²) in [6.07, 6.45) is 5.36. The van der Waals surface area contributed by atoms with Crippen molar-refractivity contribution in [2.75, 3.05) is 6.54 Å². The molecule has 0 spiro atoms. The predicted molar refractivity (Wildman–Crippen MR) is 73.7 cm³/mol. The second kappa shape index (κ2) is 5.00. The molecule has 1 aliphatic heterocycles.